The van der Waals surface area contributed by atoms with Gasteiger partial charge in [-0.3, -0.25) is 0 Å². The Morgan fingerprint density at radius 1 is 1.12 bits per heavy atom. The van der Waals surface area contributed by atoms with Crippen molar-refractivity contribution in [3.63, 3.8) is 0 Å². The van der Waals surface area contributed by atoms with E-state index in [-0.39, 0.29) is 0 Å². The number of carboxylic acids is 1. The third kappa shape index (κ3) is 5.50. The van der Waals surface area contributed by atoms with Crippen molar-refractivity contribution < 1.29 is 14.6 Å². The van der Waals surface area contributed by atoms with E-state index in [1.165, 1.54) is 18.4 Å². The van der Waals surface area contributed by atoms with E-state index in [9.17, 15) is 4.79 Å². The number of ether oxygens (including phenoxy) is 1. The molecule has 0 aliphatic rings. The van der Waals surface area contributed by atoms with Crippen LogP contribution in [0.4, 0.5) is 0 Å². The van der Waals surface area contributed by atoms with Crippen LogP contribution in [0.15, 0.2) is 24.3 Å². The van der Waals surface area contributed by atoms with Crippen molar-refractivity contribution in [3.05, 3.63) is 35.4 Å². The molecule has 0 atom stereocenters. The molecule has 0 heterocycles. The van der Waals surface area contributed by atoms with E-state index >= 15 is 0 Å². The smallest absolute Gasteiger partial charge is 0.335 e. The molecular formula is C14H20O3. The van der Waals surface area contributed by atoms with Crippen LogP contribution in [0.1, 0.15) is 41.6 Å². The first-order valence-corrected chi connectivity index (χ1v) is 6.05. The van der Waals surface area contributed by atoms with Gasteiger partial charge in [-0.2, -0.15) is 0 Å². The zero-order valence-electron chi connectivity index (χ0n) is 10.3. The molecule has 0 radical (unpaired) electrons. The number of aryl methyl sites for hydroxylation is 1. The first kappa shape index (κ1) is 13.7. The summed E-state index contributed by atoms with van der Waals surface area (Å²) in [5, 5.41) is 8.76. The summed E-state index contributed by atoms with van der Waals surface area (Å²) >= 11 is 0. The topological polar surface area (TPSA) is 46.5 Å². The SMILES string of the molecule is COCCCCCCc1ccc(C(=O)O)cc1. The Balaban J connectivity index is 2.21. The van der Waals surface area contributed by atoms with Gasteiger partial charge in [0.2, 0.25) is 0 Å². The van der Waals surface area contributed by atoms with Gasteiger partial charge >= 0.3 is 5.97 Å². The summed E-state index contributed by atoms with van der Waals surface area (Å²) in [6, 6.07) is 7.14. The number of aromatic carboxylic acids is 1. The predicted molar refractivity (Wildman–Crippen MR) is 67.4 cm³/mol. The maximum absolute atomic E-state index is 10.7. The molecule has 0 saturated heterocycles. The number of benzene rings is 1. The summed E-state index contributed by atoms with van der Waals surface area (Å²) in [6.45, 7) is 0.841. The number of hydrogen-bond acceptors (Lipinski definition) is 2. The molecular weight excluding hydrogens is 216 g/mol. The monoisotopic (exact) mass is 236 g/mol. The van der Waals surface area contributed by atoms with Crippen LogP contribution in [0, 0.1) is 0 Å². The van der Waals surface area contributed by atoms with Crippen LogP contribution in [0.2, 0.25) is 0 Å². The van der Waals surface area contributed by atoms with Crippen LogP contribution in [0.25, 0.3) is 0 Å². The van der Waals surface area contributed by atoms with Gasteiger partial charge in [-0.15, -0.1) is 0 Å². The van der Waals surface area contributed by atoms with Crippen LogP contribution in [0.3, 0.4) is 0 Å². The molecule has 3 nitrogen and oxygen atoms in total. The van der Waals surface area contributed by atoms with E-state index in [1.54, 1.807) is 19.2 Å². The zero-order valence-corrected chi connectivity index (χ0v) is 10.3. The van der Waals surface area contributed by atoms with Crippen LogP contribution in [0.5, 0.6) is 0 Å². The van der Waals surface area contributed by atoms with E-state index in [0.29, 0.717) is 5.56 Å². The molecule has 0 fully saturated rings. The molecule has 0 unspecified atom stereocenters. The zero-order chi connectivity index (χ0) is 12.5. The largest absolute Gasteiger partial charge is 0.478 e. The summed E-state index contributed by atoms with van der Waals surface area (Å²) in [4.78, 5) is 10.7. The lowest BCUT2D eigenvalue weighted by Gasteiger charge is -2.02. The number of unbranched alkanes of at least 4 members (excludes halogenated alkanes) is 3. The van der Waals surface area contributed by atoms with E-state index in [1.807, 2.05) is 12.1 Å². The number of hydrogen-bond donors (Lipinski definition) is 1. The lowest BCUT2D eigenvalue weighted by atomic mass is 10.0. The van der Waals surface area contributed by atoms with Gasteiger partial charge < -0.3 is 9.84 Å². The summed E-state index contributed by atoms with van der Waals surface area (Å²) in [5.41, 5.74) is 1.57. The molecule has 17 heavy (non-hydrogen) atoms. The lowest BCUT2D eigenvalue weighted by molar-refractivity contribution is 0.0697. The third-order valence-corrected chi connectivity index (χ3v) is 2.76. The van der Waals surface area contributed by atoms with Crippen molar-refractivity contribution in [3.8, 4) is 0 Å². The number of methoxy groups -OCH3 is 1. The van der Waals surface area contributed by atoms with Crippen molar-refractivity contribution in [2.24, 2.45) is 0 Å². The molecule has 1 aromatic carbocycles. The average molecular weight is 236 g/mol. The maximum Gasteiger partial charge on any atom is 0.335 e. The third-order valence-electron chi connectivity index (χ3n) is 2.76. The number of rotatable bonds is 8. The van der Waals surface area contributed by atoms with E-state index < -0.39 is 5.97 Å². The van der Waals surface area contributed by atoms with Gasteiger partial charge in [0.05, 0.1) is 5.56 Å². The summed E-state index contributed by atoms with van der Waals surface area (Å²) < 4.78 is 4.99. The van der Waals surface area contributed by atoms with Crippen LogP contribution in [-0.4, -0.2) is 24.8 Å². The first-order valence-electron chi connectivity index (χ1n) is 6.05. The molecule has 0 spiro atoms. The molecule has 1 aromatic rings. The molecule has 1 rings (SSSR count). The summed E-state index contributed by atoms with van der Waals surface area (Å²) in [5.74, 6) is -0.865. The molecule has 0 saturated carbocycles. The molecule has 94 valence electrons. The minimum absolute atomic E-state index is 0.355. The van der Waals surface area contributed by atoms with E-state index in [0.717, 1.165) is 25.9 Å². The Hall–Kier alpha value is -1.35. The Morgan fingerprint density at radius 2 is 1.76 bits per heavy atom. The Bertz CT molecular complexity index is 330. The van der Waals surface area contributed by atoms with Gasteiger partial charge in [0.15, 0.2) is 0 Å². The second-order valence-corrected chi connectivity index (χ2v) is 4.16. The standard InChI is InChI=1S/C14H20O3/c1-17-11-5-3-2-4-6-12-7-9-13(10-8-12)14(15)16/h7-10H,2-6,11H2,1H3,(H,15,16). The number of carboxylic acid groups (broad SMARTS) is 1. The van der Waals surface area contributed by atoms with Gasteiger partial charge in [-0.25, -0.2) is 4.79 Å². The lowest BCUT2D eigenvalue weighted by Crippen LogP contribution is -1.96. The van der Waals surface area contributed by atoms with E-state index in [4.69, 9.17) is 9.84 Å². The highest BCUT2D eigenvalue weighted by Gasteiger charge is 2.01. The molecule has 0 aliphatic heterocycles. The highest BCUT2D eigenvalue weighted by molar-refractivity contribution is 5.87. The van der Waals surface area contributed by atoms with Gasteiger partial charge in [0, 0.05) is 13.7 Å². The predicted octanol–water partition coefficient (Wildman–Crippen LogP) is 3.13. The maximum atomic E-state index is 10.7. The van der Waals surface area contributed by atoms with Crippen molar-refractivity contribution in [1.29, 1.82) is 0 Å². The van der Waals surface area contributed by atoms with Crippen molar-refractivity contribution in [2.75, 3.05) is 13.7 Å². The van der Waals surface area contributed by atoms with Crippen molar-refractivity contribution >= 4 is 5.97 Å². The van der Waals surface area contributed by atoms with Gasteiger partial charge in [-0.1, -0.05) is 25.0 Å². The van der Waals surface area contributed by atoms with Crippen molar-refractivity contribution in [1.82, 2.24) is 0 Å². The van der Waals surface area contributed by atoms with E-state index in [2.05, 4.69) is 0 Å². The second kappa shape index (κ2) is 7.85. The van der Waals surface area contributed by atoms with Gasteiger partial charge in [0.1, 0.15) is 0 Å². The quantitative estimate of drug-likeness (QED) is 0.705. The molecule has 0 aliphatic carbocycles. The molecule has 0 bridgehead atoms. The minimum atomic E-state index is -0.865. The normalized spacial score (nSPS) is 10.4. The van der Waals surface area contributed by atoms with Crippen LogP contribution in [-0.2, 0) is 11.2 Å². The highest BCUT2D eigenvalue weighted by Crippen LogP contribution is 2.09. The average Bonchev–Trinajstić information content (AvgIpc) is 2.34. The fourth-order valence-corrected chi connectivity index (χ4v) is 1.74. The van der Waals surface area contributed by atoms with Crippen LogP contribution < -0.4 is 0 Å². The van der Waals surface area contributed by atoms with Crippen LogP contribution >= 0.6 is 0 Å². The summed E-state index contributed by atoms with van der Waals surface area (Å²) in [7, 11) is 1.73. The second-order valence-electron chi connectivity index (χ2n) is 4.16. The molecule has 0 amide bonds. The molecule has 1 N–H and O–H groups in total. The highest BCUT2D eigenvalue weighted by atomic mass is 16.5. The van der Waals surface area contributed by atoms with Crippen molar-refractivity contribution in [2.45, 2.75) is 32.1 Å². The fourth-order valence-electron chi connectivity index (χ4n) is 1.74. The minimum Gasteiger partial charge on any atom is -0.478 e. The Labute approximate surface area is 102 Å². The van der Waals surface area contributed by atoms with Gasteiger partial charge in [0.25, 0.3) is 0 Å². The number of carbonyl (C=O) groups is 1. The van der Waals surface area contributed by atoms with Gasteiger partial charge in [-0.05, 0) is 37.0 Å². The Kier molecular flexibility index (Phi) is 6.33. The fraction of sp³-hybridized carbons (Fsp3) is 0.500. The first-order chi connectivity index (χ1) is 8.24. The molecule has 0 aromatic heterocycles. The molecule has 3 heteroatoms. The summed E-state index contributed by atoms with van der Waals surface area (Å²) in [6.07, 6.45) is 5.68. The Morgan fingerprint density at radius 3 is 2.35 bits per heavy atom.